The van der Waals surface area contributed by atoms with Crippen LogP contribution in [0.5, 0.6) is 0 Å². The highest BCUT2D eigenvalue weighted by atomic mass is 14.7. The van der Waals surface area contributed by atoms with Crippen molar-refractivity contribution in [1.29, 1.82) is 0 Å². The molecule has 0 unspecified atom stereocenters. The smallest absolute Gasteiger partial charge is 0.0636 e. The summed E-state index contributed by atoms with van der Waals surface area (Å²) in [6.45, 7) is 4.19. The average molecular weight is 415 g/mol. The Balaban J connectivity index is 1.40. The quantitative estimate of drug-likeness (QED) is 0.302. The molecule has 4 aromatic rings. The molecule has 0 saturated carbocycles. The number of allylic oxidation sites excluding steroid dienone is 4. The van der Waals surface area contributed by atoms with Crippen molar-refractivity contribution < 1.29 is 0 Å². The summed E-state index contributed by atoms with van der Waals surface area (Å²) in [5.41, 5.74) is 6.73. The van der Waals surface area contributed by atoms with Crippen molar-refractivity contribution in [3.05, 3.63) is 131 Å². The van der Waals surface area contributed by atoms with Crippen LogP contribution in [0.1, 0.15) is 33.6 Å². The monoisotopic (exact) mass is 414 g/mol. The molecule has 0 saturated heterocycles. The van der Waals surface area contributed by atoms with Crippen molar-refractivity contribution in [3.63, 3.8) is 0 Å². The maximum Gasteiger partial charge on any atom is 0.0636 e. The molecule has 4 rings (SSSR count). The van der Waals surface area contributed by atoms with Gasteiger partial charge in [0, 0.05) is 23.2 Å². The summed E-state index contributed by atoms with van der Waals surface area (Å²) in [7, 11) is 0. The van der Waals surface area contributed by atoms with Crippen LogP contribution >= 0.6 is 0 Å². The van der Waals surface area contributed by atoms with Crippen molar-refractivity contribution in [2.45, 2.75) is 13.8 Å². The number of benzene rings is 2. The molecule has 2 aromatic heterocycles. The lowest BCUT2D eigenvalue weighted by Crippen LogP contribution is -1.85. The van der Waals surface area contributed by atoms with Gasteiger partial charge >= 0.3 is 0 Å². The molecule has 0 N–H and O–H groups in total. The number of pyridine rings is 2. The highest BCUT2D eigenvalue weighted by molar-refractivity contribution is 5.84. The van der Waals surface area contributed by atoms with Gasteiger partial charge in [-0.25, -0.2) is 0 Å². The maximum atomic E-state index is 4.56. The zero-order valence-corrected chi connectivity index (χ0v) is 18.4. The van der Waals surface area contributed by atoms with Gasteiger partial charge in [-0.2, -0.15) is 0 Å². The molecule has 2 heterocycles. The van der Waals surface area contributed by atoms with Gasteiger partial charge in [-0.15, -0.1) is 0 Å². The number of hydrogen-bond donors (Lipinski definition) is 0. The first-order chi connectivity index (χ1) is 15.7. The van der Waals surface area contributed by atoms with Gasteiger partial charge in [-0.05, 0) is 49.3 Å². The minimum Gasteiger partial charge on any atom is -0.256 e. The van der Waals surface area contributed by atoms with Gasteiger partial charge in [0.25, 0.3) is 0 Å². The molecule has 0 bridgehead atoms. The second-order valence-electron chi connectivity index (χ2n) is 7.82. The largest absolute Gasteiger partial charge is 0.256 e. The summed E-state index contributed by atoms with van der Waals surface area (Å²) in [5, 5.41) is 2.16. The second-order valence-corrected chi connectivity index (χ2v) is 7.82. The van der Waals surface area contributed by atoms with Gasteiger partial charge < -0.3 is 0 Å². The maximum absolute atomic E-state index is 4.56. The van der Waals surface area contributed by atoms with E-state index in [9.17, 15) is 0 Å². The van der Waals surface area contributed by atoms with E-state index in [4.69, 9.17) is 0 Å². The zero-order chi connectivity index (χ0) is 22.2. The summed E-state index contributed by atoms with van der Waals surface area (Å²) in [4.78, 5) is 9.12. The van der Waals surface area contributed by atoms with Crippen LogP contribution in [0.2, 0.25) is 0 Å². The van der Waals surface area contributed by atoms with Gasteiger partial charge in [0.2, 0.25) is 0 Å². The van der Waals surface area contributed by atoms with Crippen molar-refractivity contribution in [1.82, 2.24) is 9.97 Å². The van der Waals surface area contributed by atoms with Crippen molar-refractivity contribution in [2.75, 3.05) is 0 Å². The summed E-state index contributed by atoms with van der Waals surface area (Å²) in [6.07, 6.45) is 20.1. The van der Waals surface area contributed by atoms with Gasteiger partial charge in [-0.1, -0.05) is 96.1 Å². The van der Waals surface area contributed by atoms with Gasteiger partial charge in [0.1, 0.15) is 0 Å². The molecule has 0 aliphatic rings. The Hall–Kier alpha value is -4.04. The molecule has 2 aromatic carbocycles. The fourth-order valence-electron chi connectivity index (χ4n) is 3.25. The normalized spacial score (nSPS) is 12.2. The average Bonchev–Trinajstić information content (AvgIpc) is 2.82. The van der Waals surface area contributed by atoms with E-state index in [1.54, 1.807) is 0 Å². The Kier molecular flexibility index (Phi) is 6.84. The van der Waals surface area contributed by atoms with E-state index in [0.29, 0.717) is 0 Å². The lowest BCUT2D eigenvalue weighted by molar-refractivity contribution is 1.29. The molecule has 0 aliphatic heterocycles. The molecule has 0 atom stereocenters. The Morgan fingerprint density at radius 1 is 0.500 bits per heavy atom. The minimum absolute atomic E-state index is 0.914. The van der Waals surface area contributed by atoms with Crippen LogP contribution in [0.15, 0.2) is 97.4 Å². The van der Waals surface area contributed by atoms with Crippen LogP contribution in [0, 0.1) is 13.8 Å². The van der Waals surface area contributed by atoms with Gasteiger partial charge in [0.15, 0.2) is 0 Å². The van der Waals surface area contributed by atoms with E-state index < -0.39 is 0 Å². The van der Waals surface area contributed by atoms with E-state index in [-0.39, 0.29) is 0 Å². The first kappa shape index (κ1) is 21.2. The van der Waals surface area contributed by atoms with Crippen LogP contribution in [-0.2, 0) is 0 Å². The SMILES string of the molecule is Cc1ccc(C=CC=Cc2cc3cnc(C=CC=Cc4ccc(C)cc4)cc3cn2)cc1. The molecular weight excluding hydrogens is 388 g/mol. The van der Waals surface area contributed by atoms with Gasteiger partial charge in [-0.3, -0.25) is 9.97 Å². The predicted octanol–water partition coefficient (Wildman–Crippen LogP) is 7.70. The molecule has 0 aliphatic carbocycles. The lowest BCUT2D eigenvalue weighted by atomic mass is 10.1. The number of aromatic nitrogens is 2. The fourth-order valence-corrected chi connectivity index (χ4v) is 3.25. The molecule has 2 heteroatoms. The number of rotatable bonds is 6. The molecule has 0 amide bonds. The Morgan fingerprint density at radius 2 is 0.875 bits per heavy atom. The second kappa shape index (κ2) is 10.3. The third-order valence-corrected chi connectivity index (χ3v) is 5.13. The third-order valence-electron chi connectivity index (χ3n) is 5.13. The Morgan fingerprint density at radius 3 is 1.28 bits per heavy atom. The molecule has 0 fully saturated rings. The first-order valence-electron chi connectivity index (χ1n) is 10.7. The highest BCUT2D eigenvalue weighted by Gasteiger charge is 1.98. The van der Waals surface area contributed by atoms with Crippen molar-refractivity contribution in [3.8, 4) is 0 Å². The standard InChI is InChI=1S/C30H26N2/c1-23-11-15-25(16-12-23)7-3-5-9-29-19-27-22-32-30(20-28(27)21-31-29)10-6-4-8-26-17-13-24(2)14-18-26/h3-22H,1-2H3. The van der Waals surface area contributed by atoms with Crippen LogP contribution in [0.3, 0.4) is 0 Å². The molecule has 2 nitrogen and oxygen atoms in total. The minimum atomic E-state index is 0.914. The van der Waals surface area contributed by atoms with E-state index in [2.05, 4.69) is 96.6 Å². The van der Waals surface area contributed by atoms with Gasteiger partial charge in [0.05, 0.1) is 11.4 Å². The Bertz CT molecular complexity index is 1200. The molecule has 0 spiro atoms. The number of hydrogen-bond acceptors (Lipinski definition) is 2. The number of fused-ring (bicyclic) bond motifs is 1. The summed E-state index contributed by atoms with van der Waals surface area (Å²) in [6, 6.07) is 21.0. The van der Waals surface area contributed by atoms with E-state index in [0.717, 1.165) is 22.2 Å². The lowest BCUT2D eigenvalue weighted by Gasteiger charge is -2.00. The predicted molar refractivity (Wildman–Crippen MR) is 138 cm³/mol. The molecule has 0 radical (unpaired) electrons. The summed E-state index contributed by atoms with van der Waals surface area (Å²) in [5.74, 6) is 0. The topological polar surface area (TPSA) is 25.8 Å². The van der Waals surface area contributed by atoms with Crippen molar-refractivity contribution >= 4 is 35.1 Å². The van der Waals surface area contributed by atoms with Crippen molar-refractivity contribution in [2.24, 2.45) is 0 Å². The van der Waals surface area contributed by atoms with Crippen LogP contribution in [-0.4, -0.2) is 9.97 Å². The fraction of sp³-hybridized carbons (Fsp3) is 0.0667. The molecular formula is C30H26N2. The van der Waals surface area contributed by atoms with Crippen LogP contribution in [0.25, 0.3) is 35.1 Å². The Labute approximate surface area is 190 Å². The zero-order valence-electron chi connectivity index (χ0n) is 18.4. The van der Waals surface area contributed by atoms with E-state index in [1.165, 1.54) is 22.3 Å². The van der Waals surface area contributed by atoms with E-state index in [1.807, 2.05) is 48.8 Å². The first-order valence-corrected chi connectivity index (χ1v) is 10.7. The third kappa shape index (κ3) is 5.99. The summed E-state index contributed by atoms with van der Waals surface area (Å²) >= 11 is 0. The van der Waals surface area contributed by atoms with Crippen LogP contribution in [0.4, 0.5) is 0 Å². The summed E-state index contributed by atoms with van der Waals surface area (Å²) < 4.78 is 0. The molecule has 32 heavy (non-hydrogen) atoms. The van der Waals surface area contributed by atoms with E-state index >= 15 is 0 Å². The molecule has 156 valence electrons. The highest BCUT2D eigenvalue weighted by Crippen LogP contribution is 2.16. The number of nitrogens with zero attached hydrogens (tertiary/aromatic N) is 2. The number of aryl methyl sites for hydroxylation is 2. The van der Waals surface area contributed by atoms with Crippen LogP contribution < -0.4 is 0 Å².